The minimum Gasteiger partial charge on any atom is -0.496 e. The molecule has 0 radical (unpaired) electrons. The van der Waals surface area contributed by atoms with Gasteiger partial charge in [0.25, 0.3) is 11.2 Å². The summed E-state index contributed by atoms with van der Waals surface area (Å²) in [5.74, 6) is 1.82. The van der Waals surface area contributed by atoms with Crippen molar-refractivity contribution in [2.45, 2.75) is 40.3 Å². The molecule has 2 heterocycles. The lowest BCUT2D eigenvalue weighted by atomic mass is 10.0. The lowest BCUT2D eigenvalue weighted by molar-refractivity contribution is -0.385. The zero-order valence-corrected chi connectivity index (χ0v) is 20.3. The highest BCUT2D eigenvalue weighted by molar-refractivity contribution is 5.95. The molecular formula is C26H27N5O4. The quantitative estimate of drug-likeness (QED) is 0.290. The second-order valence-corrected chi connectivity index (χ2v) is 8.46. The lowest BCUT2D eigenvalue weighted by Gasteiger charge is -2.19. The van der Waals surface area contributed by atoms with Gasteiger partial charge in [0.15, 0.2) is 0 Å². The minimum absolute atomic E-state index is 0.0513. The Balaban J connectivity index is 1.84. The Morgan fingerprint density at radius 1 is 1.14 bits per heavy atom. The molecule has 0 fully saturated rings. The fourth-order valence-electron chi connectivity index (χ4n) is 4.15. The molecule has 0 saturated carbocycles. The van der Waals surface area contributed by atoms with E-state index in [9.17, 15) is 14.9 Å². The van der Waals surface area contributed by atoms with Gasteiger partial charge in [0, 0.05) is 53.5 Å². The third-order valence-electron chi connectivity index (χ3n) is 5.91. The Morgan fingerprint density at radius 2 is 1.91 bits per heavy atom. The predicted molar refractivity (Wildman–Crippen MR) is 136 cm³/mol. The van der Waals surface area contributed by atoms with Crippen LogP contribution in [0.2, 0.25) is 0 Å². The Hall–Kier alpha value is -4.27. The van der Waals surface area contributed by atoms with Crippen LogP contribution in [0.5, 0.6) is 5.75 Å². The molecule has 1 N–H and O–H groups in total. The summed E-state index contributed by atoms with van der Waals surface area (Å²) in [5, 5.41) is 15.5. The summed E-state index contributed by atoms with van der Waals surface area (Å²) in [4.78, 5) is 32.3. The van der Waals surface area contributed by atoms with E-state index in [2.05, 4.69) is 15.3 Å². The number of aromatic nitrogens is 3. The maximum atomic E-state index is 12.1. The number of ether oxygens (including phenoxy) is 1. The zero-order valence-electron chi connectivity index (χ0n) is 20.3. The van der Waals surface area contributed by atoms with E-state index >= 15 is 0 Å². The van der Waals surface area contributed by atoms with Crippen molar-refractivity contribution < 1.29 is 9.66 Å². The second kappa shape index (κ2) is 9.54. The molecule has 9 nitrogen and oxygen atoms in total. The first-order chi connectivity index (χ1) is 16.7. The number of fused-ring (bicyclic) bond motifs is 1. The molecule has 2 aromatic heterocycles. The van der Waals surface area contributed by atoms with Crippen LogP contribution in [0.3, 0.4) is 0 Å². The predicted octanol–water partition coefficient (Wildman–Crippen LogP) is 5.19. The van der Waals surface area contributed by atoms with Gasteiger partial charge in [0.2, 0.25) is 0 Å². The first-order valence-electron chi connectivity index (χ1n) is 11.3. The van der Waals surface area contributed by atoms with Crippen molar-refractivity contribution in [2.24, 2.45) is 0 Å². The van der Waals surface area contributed by atoms with Gasteiger partial charge in [0.05, 0.1) is 23.6 Å². The zero-order chi connectivity index (χ0) is 25.3. The molecule has 35 heavy (non-hydrogen) atoms. The second-order valence-electron chi connectivity index (χ2n) is 8.46. The van der Waals surface area contributed by atoms with Gasteiger partial charge in [-0.2, -0.15) is 0 Å². The normalized spacial score (nSPS) is 11.9. The summed E-state index contributed by atoms with van der Waals surface area (Å²) in [6, 6.07) is 11.9. The van der Waals surface area contributed by atoms with Crippen LogP contribution in [-0.4, -0.2) is 26.6 Å². The van der Waals surface area contributed by atoms with Crippen LogP contribution in [0.15, 0.2) is 53.5 Å². The number of nitro benzene ring substituents is 1. The number of methoxy groups -OCH3 is 1. The van der Waals surface area contributed by atoms with Crippen LogP contribution in [-0.2, 0) is 6.54 Å². The Labute approximate surface area is 202 Å². The van der Waals surface area contributed by atoms with Gasteiger partial charge in [0.1, 0.15) is 17.4 Å². The molecule has 0 aliphatic carbocycles. The van der Waals surface area contributed by atoms with Crippen molar-refractivity contribution in [3.8, 4) is 16.9 Å². The summed E-state index contributed by atoms with van der Waals surface area (Å²) in [5.41, 5.74) is 3.91. The van der Waals surface area contributed by atoms with Gasteiger partial charge in [-0.3, -0.25) is 14.9 Å². The average molecular weight is 474 g/mol. The number of benzene rings is 2. The van der Waals surface area contributed by atoms with Gasteiger partial charge in [-0.05, 0) is 51.0 Å². The standard InChI is InChI=1S/C26H27N5O4/c1-6-30-14-18(7-8-25(30)32)21-12-22-23(13-24(21)35-5)28-17(4)29-26(22)27-16(3)19-9-15(2)10-20(11-19)31(33)34/h7-14,16H,6H2,1-5H3,(H,27,28,29)/t16-/m1/s1. The summed E-state index contributed by atoms with van der Waals surface area (Å²) >= 11 is 0. The molecule has 9 heteroatoms. The highest BCUT2D eigenvalue weighted by atomic mass is 16.6. The van der Waals surface area contributed by atoms with Crippen molar-refractivity contribution in [3.63, 3.8) is 0 Å². The molecule has 0 bridgehead atoms. The molecule has 0 unspecified atom stereocenters. The van der Waals surface area contributed by atoms with Crippen molar-refractivity contribution in [2.75, 3.05) is 12.4 Å². The number of nitro groups is 1. The van der Waals surface area contributed by atoms with Crippen molar-refractivity contribution in [3.05, 3.63) is 86.1 Å². The number of pyridine rings is 1. The summed E-state index contributed by atoms with van der Waals surface area (Å²) < 4.78 is 7.29. The van der Waals surface area contributed by atoms with Crippen LogP contribution >= 0.6 is 0 Å². The Kier molecular flexibility index (Phi) is 6.50. The number of anilines is 1. The fraction of sp³-hybridized carbons (Fsp3) is 0.269. The number of rotatable bonds is 7. The van der Waals surface area contributed by atoms with Gasteiger partial charge in [-0.25, -0.2) is 9.97 Å². The molecular weight excluding hydrogens is 446 g/mol. The Bertz CT molecular complexity index is 1500. The molecule has 0 saturated heterocycles. The van der Waals surface area contributed by atoms with Crippen molar-refractivity contribution in [1.82, 2.24) is 14.5 Å². The third kappa shape index (κ3) is 4.84. The van der Waals surface area contributed by atoms with E-state index in [1.54, 1.807) is 35.9 Å². The number of hydrogen-bond acceptors (Lipinski definition) is 7. The average Bonchev–Trinajstić information content (AvgIpc) is 2.83. The largest absolute Gasteiger partial charge is 0.496 e. The Morgan fingerprint density at radius 3 is 2.60 bits per heavy atom. The number of non-ortho nitro benzene ring substituents is 1. The number of nitrogens with zero attached hydrogens (tertiary/aromatic N) is 4. The van der Waals surface area contributed by atoms with Gasteiger partial charge in [-0.1, -0.05) is 6.07 Å². The molecule has 1 atom stereocenters. The van der Waals surface area contributed by atoms with Crippen LogP contribution in [0.25, 0.3) is 22.0 Å². The highest BCUT2D eigenvalue weighted by Crippen LogP contribution is 2.36. The first kappa shape index (κ1) is 23.9. The molecule has 0 aliphatic rings. The molecule has 2 aromatic carbocycles. The van der Waals surface area contributed by atoms with Gasteiger partial charge in [-0.15, -0.1) is 0 Å². The van der Waals surface area contributed by atoms with E-state index in [1.807, 2.05) is 52.1 Å². The maximum absolute atomic E-state index is 12.1. The minimum atomic E-state index is -0.387. The van der Waals surface area contributed by atoms with Crippen LogP contribution in [0.4, 0.5) is 11.5 Å². The van der Waals surface area contributed by atoms with E-state index in [0.29, 0.717) is 29.5 Å². The van der Waals surface area contributed by atoms with Gasteiger partial charge >= 0.3 is 0 Å². The summed E-state index contributed by atoms with van der Waals surface area (Å²) in [6.45, 7) is 8.05. The topological polar surface area (TPSA) is 112 Å². The third-order valence-corrected chi connectivity index (χ3v) is 5.91. The SMILES string of the molecule is CCn1cc(-c2cc3c(N[C@H](C)c4cc(C)cc([N+](=O)[O-])c4)nc(C)nc3cc2OC)ccc1=O. The molecule has 0 spiro atoms. The van der Waals surface area contributed by atoms with Crippen molar-refractivity contribution in [1.29, 1.82) is 0 Å². The first-order valence-corrected chi connectivity index (χ1v) is 11.3. The fourth-order valence-corrected chi connectivity index (χ4v) is 4.15. The van der Waals surface area contributed by atoms with E-state index in [0.717, 1.165) is 27.6 Å². The molecule has 180 valence electrons. The molecule has 0 aliphatic heterocycles. The smallest absolute Gasteiger partial charge is 0.270 e. The number of hydrogen-bond donors (Lipinski definition) is 1. The molecule has 0 amide bonds. The lowest BCUT2D eigenvalue weighted by Crippen LogP contribution is -2.17. The molecule has 4 aromatic rings. The van der Waals surface area contributed by atoms with Crippen LogP contribution in [0.1, 0.15) is 36.8 Å². The van der Waals surface area contributed by atoms with E-state index in [4.69, 9.17) is 4.74 Å². The summed E-state index contributed by atoms with van der Waals surface area (Å²) in [7, 11) is 1.60. The monoisotopic (exact) mass is 473 g/mol. The van der Waals surface area contributed by atoms with Crippen molar-refractivity contribution >= 4 is 22.4 Å². The summed E-state index contributed by atoms with van der Waals surface area (Å²) in [6.07, 6.45) is 1.81. The molecule has 4 rings (SSSR count). The van der Waals surface area contributed by atoms with Gasteiger partial charge < -0.3 is 14.6 Å². The highest BCUT2D eigenvalue weighted by Gasteiger charge is 2.17. The van der Waals surface area contributed by atoms with E-state index in [-0.39, 0.29) is 22.2 Å². The maximum Gasteiger partial charge on any atom is 0.270 e. The number of aryl methyl sites for hydroxylation is 3. The van der Waals surface area contributed by atoms with Crippen LogP contribution < -0.4 is 15.6 Å². The van der Waals surface area contributed by atoms with Crippen LogP contribution in [0, 0.1) is 24.0 Å². The van der Waals surface area contributed by atoms with E-state index < -0.39 is 0 Å². The van der Waals surface area contributed by atoms with E-state index in [1.165, 1.54) is 0 Å². The number of nitrogens with one attached hydrogen (secondary N) is 1.